The average molecular weight is 728 g/mol. The molecule has 0 spiro atoms. The number of benzene rings is 4. The van der Waals surface area contributed by atoms with Crippen LogP contribution in [0.15, 0.2) is 128 Å². The van der Waals surface area contributed by atoms with Gasteiger partial charge in [-0.3, -0.25) is 4.79 Å². The highest BCUT2D eigenvalue weighted by molar-refractivity contribution is 7.89. The number of aromatic nitrogens is 2. The molecule has 0 saturated carbocycles. The van der Waals surface area contributed by atoms with Gasteiger partial charge in [-0.1, -0.05) is 109 Å². The fraction of sp³-hybridized carbons (Fsp3) is 0.300. The Morgan fingerprint density at radius 1 is 0.769 bits per heavy atom. The third-order valence-electron chi connectivity index (χ3n) is 10.2. The Kier molecular flexibility index (Phi) is 9.95. The third kappa shape index (κ3) is 6.72. The quantitative estimate of drug-likeness (QED) is 0.143. The van der Waals surface area contributed by atoms with Crippen LogP contribution in [0.1, 0.15) is 53.6 Å². The maximum Gasteiger partial charge on any atom is 0.511 e. The molecule has 0 aliphatic carbocycles. The van der Waals surface area contributed by atoms with Crippen LogP contribution in [0.3, 0.4) is 0 Å². The Bertz CT molecular complexity index is 2000. The minimum absolute atomic E-state index is 0.00408. The highest BCUT2D eigenvalue weighted by Gasteiger charge is 2.51. The first-order valence-corrected chi connectivity index (χ1v) is 18.9. The van der Waals surface area contributed by atoms with Gasteiger partial charge in [-0.15, -0.1) is 0 Å². The van der Waals surface area contributed by atoms with Gasteiger partial charge in [0.15, 0.2) is 0 Å². The highest BCUT2D eigenvalue weighted by atomic mass is 32.2. The Morgan fingerprint density at radius 2 is 1.35 bits per heavy atom. The molecule has 2 aliphatic rings. The number of hydrogen-bond donors (Lipinski definition) is 0. The number of piperidine rings is 1. The number of sulfonamides is 1. The van der Waals surface area contributed by atoms with E-state index in [2.05, 4.69) is 41.0 Å². The van der Waals surface area contributed by atoms with E-state index in [1.165, 1.54) is 0 Å². The second-order valence-corrected chi connectivity index (χ2v) is 15.3. The van der Waals surface area contributed by atoms with E-state index >= 15 is 0 Å². The van der Waals surface area contributed by atoms with E-state index in [4.69, 9.17) is 4.98 Å². The first-order chi connectivity index (χ1) is 25.1. The van der Waals surface area contributed by atoms with Crippen molar-refractivity contribution >= 4 is 21.6 Å². The summed E-state index contributed by atoms with van der Waals surface area (Å²) < 4.78 is 70.7. The summed E-state index contributed by atoms with van der Waals surface area (Å²) in [4.78, 5) is 21.4. The van der Waals surface area contributed by atoms with Gasteiger partial charge in [0.25, 0.3) is 0 Å². The number of carbonyl (C=O) groups is 1. The molecular formula is C40H40F3N5O3S. The molecule has 7 rings (SSSR count). The van der Waals surface area contributed by atoms with Crippen molar-refractivity contribution < 1.29 is 26.4 Å². The molecule has 1 amide bonds. The first-order valence-electron chi connectivity index (χ1n) is 17.5. The van der Waals surface area contributed by atoms with Crippen molar-refractivity contribution in [2.24, 2.45) is 0 Å². The molecule has 3 heterocycles. The van der Waals surface area contributed by atoms with E-state index in [-0.39, 0.29) is 18.9 Å². The monoisotopic (exact) mass is 727 g/mol. The number of para-hydroxylation sites is 1. The fourth-order valence-corrected chi connectivity index (χ4v) is 8.66. The zero-order valence-corrected chi connectivity index (χ0v) is 29.4. The molecule has 0 radical (unpaired) electrons. The maximum atomic E-state index is 14.1. The van der Waals surface area contributed by atoms with Crippen LogP contribution in [0.25, 0.3) is 0 Å². The van der Waals surface area contributed by atoms with Crippen LogP contribution in [0.5, 0.6) is 0 Å². The van der Waals surface area contributed by atoms with Crippen LogP contribution >= 0.6 is 0 Å². The Morgan fingerprint density at radius 3 is 1.92 bits per heavy atom. The summed E-state index contributed by atoms with van der Waals surface area (Å²) in [6.07, 6.45) is 6.10. The molecule has 1 saturated heterocycles. The minimum Gasteiger partial charge on any atom is -0.361 e. The molecule has 2 aliphatic heterocycles. The van der Waals surface area contributed by atoms with Crippen LogP contribution in [0.2, 0.25) is 0 Å². The van der Waals surface area contributed by atoms with Gasteiger partial charge in [-0.25, -0.2) is 13.4 Å². The van der Waals surface area contributed by atoms with Crippen molar-refractivity contribution in [2.45, 2.75) is 55.9 Å². The van der Waals surface area contributed by atoms with Gasteiger partial charge < -0.3 is 14.4 Å². The second kappa shape index (κ2) is 14.6. The summed E-state index contributed by atoms with van der Waals surface area (Å²) in [5.74, 6) is 0.00408. The number of halogens is 3. The van der Waals surface area contributed by atoms with E-state index in [0.29, 0.717) is 40.8 Å². The highest BCUT2D eigenvalue weighted by Crippen LogP contribution is 2.41. The molecule has 1 fully saturated rings. The van der Waals surface area contributed by atoms with Crippen molar-refractivity contribution in [3.05, 3.63) is 156 Å². The predicted molar refractivity (Wildman–Crippen MR) is 194 cm³/mol. The van der Waals surface area contributed by atoms with Gasteiger partial charge in [-0.05, 0) is 47.6 Å². The van der Waals surface area contributed by atoms with Crippen LogP contribution in [-0.4, -0.2) is 64.3 Å². The van der Waals surface area contributed by atoms with Crippen LogP contribution in [-0.2, 0) is 33.4 Å². The minimum atomic E-state index is -5.65. The van der Waals surface area contributed by atoms with E-state index in [1.54, 1.807) is 29.4 Å². The number of anilines is 1. The summed E-state index contributed by atoms with van der Waals surface area (Å²) in [7, 11) is -5.65. The van der Waals surface area contributed by atoms with Crippen LogP contribution < -0.4 is 4.90 Å². The lowest BCUT2D eigenvalue weighted by atomic mass is 9.77. The van der Waals surface area contributed by atoms with Gasteiger partial charge in [0.2, 0.25) is 5.91 Å². The largest absolute Gasteiger partial charge is 0.511 e. The molecule has 270 valence electrons. The van der Waals surface area contributed by atoms with Crippen molar-refractivity contribution in [1.82, 2.24) is 18.8 Å². The molecule has 52 heavy (non-hydrogen) atoms. The number of carbonyl (C=O) groups excluding carboxylic acids is 1. The molecule has 8 nitrogen and oxygen atoms in total. The molecular weight excluding hydrogens is 688 g/mol. The number of rotatable bonds is 10. The predicted octanol–water partition coefficient (Wildman–Crippen LogP) is 7.17. The first kappa shape index (κ1) is 35.5. The Labute approximate surface area is 302 Å². The van der Waals surface area contributed by atoms with Gasteiger partial charge >= 0.3 is 15.5 Å². The van der Waals surface area contributed by atoms with E-state index in [0.717, 1.165) is 29.5 Å². The number of hydrogen-bond acceptors (Lipinski definition) is 5. The average Bonchev–Trinajstić information content (AvgIpc) is 3.56. The van der Waals surface area contributed by atoms with Gasteiger partial charge in [0, 0.05) is 50.5 Å². The van der Waals surface area contributed by atoms with Crippen molar-refractivity contribution in [2.75, 3.05) is 24.5 Å². The van der Waals surface area contributed by atoms with Crippen LogP contribution in [0.4, 0.5) is 18.9 Å². The summed E-state index contributed by atoms with van der Waals surface area (Å²) >= 11 is 0. The van der Waals surface area contributed by atoms with Crippen molar-refractivity contribution in [3.63, 3.8) is 0 Å². The fourth-order valence-electron chi connectivity index (χ4n) is 7.69. The number of amides is 1. The number of likely N-dealkylation sites (tertiary alicyclic amines) is 1. The molecule has 12 heteroatoms. The molecule has 1 unspecified atom stereocenters. The zero-order valence-electron chi connectivity index (χ0n) is 28.6. The summed E-state index contributed by atoms with van der Waals surface area (Å²) in [5, 5.41) is 0. The number of nitrogens with zero attached hydrogens (tertiary/aromatic N) is 5. The van der Waals surface area contributed by atoms with Crippen molar-refractivity contribution in [1.29, 1.82) is 0 Å². The lowest BCUT2D eigenvalue weighted by molar-refractivity contribution is -0.133. The maximum absolute atomic E-state index is 14.1. The van der Waals surface area contributed by atoms with Crippen molar-refractivity contribution in [3.8, 4) is 0 Å². The summed E-state index contributed by atoms with van der Waals surface area (Å²) in [6.45, 7) is 0.229. The topological polar surface area (TPSA) is 78.8 Å². The molecule has 4 aromatic carbocycles. The number of alkyl halides is 3. The van der Waals surface area contributed by atoms with E-state index < -0.39 is 40.2 Å². The van der Waals surface area contributed by atoms with Gasteiger partial charge in [-0.2, -0.15) is 17.5 Å². The Balaban J connectivity index is 1.32. The van der Waals surface area contributed by atoms with Gasteiger partial charge in [0.05, 0.1) is 18.6 Å². The standard InChI is InChI=1S/C40H40F3N5O3S/c41-40(42,43)52(50,51)47-26-31-14-10-11-21-37(31)48(36(29-47)23-25-45-24-13-12-22-38(45)49)28-35-27-46(30-44-35)39(32-15-4-1-5-16-32,33-17-6-2-7-18-33)34-19-8-3-9-20-34/h1-11,14-21,27,30,36H,12-13,22-26,28-29H2. The molecule has 0 N–H and O–H groups in total. The number of imidazole rings is 1. The molecule has 1 atom stereocenters. The van der Waals surface area contributed by atoms with Crippen LogP contribution in [0, 0.1) is 0 Å². The third-order valence-corrected chi connectivity index (χ3v) is 11.8. The second-order valence-electron chi connectivity index (χ2n) is 13.4. The molecule has 1 aromatic heterocycles. The molecule has 5 aromatic rings. The lowest BCUT2D eigenvalue weighted by Gasteiger charge is -2.37. The zero-order chi connectivity index (χ0) is 36.3. The lowest BCUT2D eigenvalue weighted by Crippen LogP contribution is -2.48. The van der Waals surface area contributed by atoms with E-state index in [9.17, 15) is 26.4 Å². The smallest absolute Gasteiger partial charge is 0.361 e. The molecule has 0 bridgehead atoms. The van der Waals surface area contributed by atoms with Gasteiger partial charge in [0.1, 0.15) is 5.54 Å². The van der Waals surface area contributed by atoms with E-state index in [1.807, 2.05) is 71.8 Å². The SMILES string of the molecule is O=C1CCCCN1CCC1CN(S(=O)(=O)C(F)(F)F)Cc2ccccc2N1Cc1cn(C(c2ccccc2)(c2ccccc2)c2ccccc2)cn1. The summed E-state index contributed by atoms with van der Waals surface area (Å²) in [5.41, 5.74) is -1.52. The number of fused-ring (bicyclic) bond motifs is 1. The normalized spacial score (nSPS) is 17.5. The summed E-state index contributed by atoms with van der Waals surface area (Å²) in [6, 6.07) is 36.7. The Hall–Kier alpha value is -4.94.